The Balaban J connectivity index is 0.000000215. The lowest BCUT2D eigenvalue weighted by Crippen LogP contribution is -2.23. The molecule has 4 N–H and O–H groups in total. The highest BCUT2D eigenvalue weighted by Gasteiger charge is 2.10. The van der Waals surface area contributed by atoms with Gasteiger partial charge in [0.1, 0.15) is 5.76 Å². The molecule has 0 bridgehead atoms. The highest BCUT2D eigenvalue weighted by atomic mass is 16.3. The Morgan fingerprint density at radius 1 is 0.640 bits per heavy atom. The molecule has 0 amide bonds. The van der Waals surface area contributed by atoms with Crippen LogP contribution in [0.15, 0.2) is 142 Å². The molecular weight excluding hydrogens is 630 g/mol. The van der Waals surface area contributed by atoms with E-state index in [1.807, 2.05) is 105 Å². The van der Waals surface area contributed by atoms with Crippen molar-refractivity contribution >= 4 is 0 Å². The zero-order valence-electron chi connectivity index (χ0n) is 28.5. The first kappa shape index (κ1) is 37.1. The molecule has 0 unspecified atom stereocenters. The molecule has 0 atom stereocenters. The summed E-state index contributed by atoms with van der Waals surface area (Å²) in [6.07, 6.45) is 7.61. The summed E-state index contributed by atoms with van der Waals surface area (Å²) < 4.78 is 8.24. The van der Waals surface area contributed by atoms with E-state index >= 15 is 0 Å². The van der Waals surface area contributed by atoms with Gasteiger partial charge in [-0.2, -0.15) is 0 Å². The molecule has 260 valence electrons. The maximum Gasteiger partial charge on any atom is 0.293 e. The lowest BCUT2D eigenvalue weighted by atomic mass is 10.2. The Kier molecular flexibility index (Phi) is 14.8. The first-order valence-electron chi connectivity index (χ1n) is 16.7. The van der Waals surface area contributed by atoms with Gasteiger partial charge in [0.2, 0.25) is 0 Å². The summed E-state index contributed by atoms with van der Waals surface area (Å²) in [5.41, 5.74) is 3.47. The van der Waals surface area contributed by atoms with E-state index in [0.29, 0.717) is 43.9 Å². The SMILES string of the molecule is CC.O=c1c(O)c(CNCCc2ccccn2)ccn1Cc1ccccc1.O=c1c(O)c(CNCc2ccco2)ccn1Cc1ccccc1. The Bertz CT molecular complexity index is 1960. The van der Waals surface area contributed by atoms with E-state index in [1.165, 1.54) is 9.13 Å². The van der Waals surface area contributed by atoms with Crippen molar-refractivity contribution in [1.29, 1.82) is 0 Å². The molecule has 0 saturated heterocycles. The van der Waals surface area contributed by atoms with Gasteiger partial charge in [-0.1, -0.05) is 80.6 Å². The number of benzene rings is 2. The van der Waals surface area contributed by atoms with Crippen molar-refractivity contribution in [1.82, 2.24) is 24.8 Å². The topological polar surface area (TPSA) is 135 Å². The van der Waals surface area contributed by atoms with Gasteiger partial charge in [0.15, 0.2) is 11.5 Å². The van der Waals surface area contributed by atoms with Gasteiger partial charge >= 0.3 is 0 Å². The number of nitrogens with zero attached hydrogens (tertiary/aromatic N) is 3. The van der Waals surface area contributed by atoms with Crippen LogP contribution in [0.25, 0.3) is 0 Å². The quantitative estimate of drug-likeness (QED) is 0.112. The molecule has 4 aromatic heterocycles. The van der Waals surface area contributed by atoms with E-state index in [0.717, 1.165) is 35.5 Å². The molecule has 0 aliphatic rings. The van der Waals surface area contributed by atoms with Gasteiger partial charge < -0.3 is 34.4 Å². The highest BCUT2D eigenvalue weighted by molar-refractivity contribution is 5.31. The predicted molar refractivity (Wildman–Crippen MR) is 196 cm³/mol. The minimum Gasteiger partial charge on any atom is -0.503 e. The van der Waals surface area contributed by atoms with Crippen LogP contribution >= 0.6 is 0 Å². The van der Waals surface area contributed by atoms with Gasteiger partial charge in [-0.25, -0.2) is 0 Å². The van der Waals surface area contributed by atoms with Crippen LogP contribution in [0.2, 0.25) is 0 Å². The van der Waals surface area contributed by atoms with Crippen molar-refractivity contribution in [3.63, 3.8) is 0 Å². The molecule has 0 radical (unpaired) electrons. The fraction of sp³-hybridized carbons (Fsp3) is 0.225. The molecule has 4 heterocycles. The summed E-state index contributed by atoms with van der Waals surface area (Å²) in [6, 6.07) is 32.4. The first-order valence-corrected chi connectivity index (χ1v) is 16.7. The van der Waals surface area contributed by atoms with Gasteiger partial charge in [-0.05, 0) is 47.5 Å². The third kappa shape index (κ3) is 11.2. The fourth-order valence-electron chi connectivity index (χ4n) is 5.01. The Hall–Kier alpha value is -5.71. The van der Waals surface area contributed by atoms with Crippen LogP contribution in [0.3, 0.4) is 0 Å². The second-order valence-corrected chi connectivity index (χ2v) is 11.1. The molecule has 0 fully saturated rings. The van der Waals surface area contributed by atoms with Gasteiger partial charge in [0.25, 0.3) is 11.1 Å². The molecule has 50 heavy (non-hydrogen) atoms. The lowest BCUT2D eigenvalue weighted by Gasteiger charge is -2.10. The number of aromatic hydroxyl groups is 2. The predicted octanol–water partition coefficient (Wildman–Crippen LogP) is 5.84. The summed E-state index contributed by atoms with van der Waals surface area (Å²) in [7, 11) is 0. The average molecular weight is 676 g/mol. The number of hydrogen-bond donors (Lipinski definition) is 4. The van der Waals surface area contributed by atoms with Gasteiger partial charge in [-0.3, -0.25) is 14.6 Å². The van der Waals surface area contributed by atoms with E-state index < -0.39 is 0 Å². The van der Waals surface area contributed by atoms with Crippen molar-refractivity contribution in [2.24, 2.45) is 0 Å². The van der Waals surface area contributed by atoms with Crippen LogP contribution in [0.1, 0.15) is 47.6 Å². The van der Waals surface area contributed by atoms with Crippen molar-refractivity contribution in [2.45, 2.75) is 53.0 Å². The second-order valence-electron chi connectivity index (χ2n) is 11.1. The summed E-state index contributed by atoms with van der Waals surface area (Å²) in [4.78, 5) is 28.8. The molecule has 6 rings (SSSR count). The lowest BCUT2D eigenvalue weighted by molar-refractivity contribution is 0.443. The van der Waals surface area contributed by atoms with E-state index in [4.69, 9.17) is 4.42 Å². The van der Waals surface area contributed by atoms with Crippen molar-refractivity contribution in [3.8, 4) is 11.5 Å². The number of rotatable bonds is 13. The minimum absolute atomic E-state index is 0.191. The van der Waals surface area contributed by atoms with Gasteiger partial charge in [-0.15, -0.1) is 0 Å². The van der Waals surface area contributed by atoms with E-state index in [1.54, 1.807) is 37.0 Å². The number of pyridine rings is 3. The molecule has 2 aromatic carbocycles. The molecular formula is C40H45N5O5. The van der Waals surface area contributed by atoms with Crippen LogP contribution in [-0.4, -0.2) is 30.9 Å². The van der Waals surface area contributed by atoms with Crippen molar-refractivity contribution < 1.29 is 14.6 Å². The molecule has 10 nitrogen and oxygen atoms in total. The van der Waals surface area contributed by atoms with Crippen molar-refractivity contribution in [3.05, 3.63) is 182 Å². The summed E-state index contributed by atoms with van der Waals surface area (Å²) in [5.74, 6) is 0.404. The largest absolute Gasteiger partial charge is 0.503 e. The minimum atomic E-state index is -0.383. The van der Waals surface area contributed by atoms with Crippen LogP contribution in [0.5, 0.6) is 11.5 Å². The van der Waals surface area contributed by atoms with Crippen LogP contribution in [0, 0.1) is 0 Å². The molecule has 0 spiro atoms. The monoisotopic (exact) mass is 675 g/mol. The number of nitrogens with one attached hydrogen (secondary N) is 2. The zero-order chi connectivity index (χ0) is 35.6. The maximum atomic E-state index is 12.3. The van der Waals surface area contributed by atoms with E-state index in [2.05, 4.69) is 15.6 Å². The van der Waals surface area contributed by atoms with E-state index in [9.17, 15) is 19.8 Å². The second kappa shape index (κ2) is 20.0. The smallest absolute Gasteiger partial charge is 0.293 e. The Morgan fingerprint density at radius 2 is 1.18 bits per heavy atom. The third-order valence-electron chi connectivity index (χ3n) is 7.63. The summed E-state index contributed by atoms with van der Waals surface area (Å²) >= 11 is 0. The Morgan fingerprint density at radius 3 is 1.68 bits per heavy atom. The standard InChI is InChI=1S/C20H21N3O2.C18H18N2O3.C2H6/c24-19-17(14-21-12-9-18-8-4-5-11-22-18)10-13-23(20(19)25)15-16-6-2-1-3-7-16;21-17-15(11-19-12-16-7-4-10-23-16)8-9-20(18(17)22)13-14-5-2-1-3-6-14;1-2/h1-8,10-11,13,21,24H,9,12,14-15H2;1-10,19,21H,11-13H2;1-2H3. The highest BCUT2D eigenvalue weighted by Crippen LogP contribution is 2.13. The first-order chi connectivity index (χ1) is 24.5. The normalized spacial score (nSPS) is 10.4. The molecule has 6 aromatic rings. The molecule has 0 aliphatic heterocycles. The van der Waals surface area contributed by atoms with Crippen LogP contribution in [-0.2, 0) is 39.1 Å². The van der Waals surface area contributed by atoms with Crippen LogP contribution < -0.4 is 21.8 Å². The average Bonchev–Trinajstić information content (AvgIpc) is 3.69. The number of aromatic nitrogens is 3. The maximum absolute atomic E-state index is 12.3. The van der Waals surface area contributed by atoms with E-state index in [-0.39, 0.29) is 22.6 Å². The van der Waals surface area contributed by atoms with Gasteiger partial charge in [0.05, 0.1) is 25.9 Å². The third-order valence-corrected chi connectivity index (χ3v) is 7.63. The molecule has 0 aliphatic carbocycles. The Labute approximate surface area is 292 Å². The fourth-order valence-corrected chi connectivity index (χ4v) is 5.01. The van der Waals surface area contributed by atoms with Crippen LogP contribution in [0.4, 0.5) is 0 Å². The zero-order valence-corrected chi connectivity index (χ0v) is 28.5. The summed E-state index contributed by atoms with van der Waals surface area (Å²) in [5, 5.41) is 26.7. The molecule has 0 saturated carbocycles. The number of hydrogen-bond acceptors (Lipinski definition) is 8. The number of furan rings is 1. The van der Waals surface area contributed by atoms with Crippen molar-refractivity contribution in [2.75, 3.05) is 6.54 Å². The summed E-state index contributed by atoms with van der Waals surface area (Å²) in [6.45, 7) is 6.99. The van der Waals surface area contributed by atoms with Gasteiger partial charge in [0, 0.05) is 61.5 Å². The molecule has 10 heteroatoms.